The Morgan fingerprint density at radius 3 is 1.60 bits per heavy atom. The molecule has 0 saturated carbocycles. The van der Waals surface area contributed by atoms with Crippen molar-refractivity contribution in [2.24, 2.45) is 0 Å². The zero-order valence-electron chi connectivity index (χ0n) is 13.9. The van der Waals surface area contributed by atoms with Crippen LogP contribution in [0.5, 0.6) is 0 Å². The third-order valence-electron chi connectivity index (χ3n) is 3.74. The van der Waals surface area contributed by atoms with E-state index < -0.39 is 0 Å². The van der Waals surface area contributed by atoms with Gasteiger partial charge >= 0.3 is 0 Å². The summed E-state index contributed by atoms with van der Waals surface area (Å²) in [5, 5.41) is 0. The van der Waals surface area contributed by atoms with Gasteiger partial charge in [-0.1, -0.05) is 66.7 Å². The summed E-state index contributed by atoms with van der Waals surface area (Å²) in [6.45, 7) is 0. The number of carbonyl (C=O) groups is 1. The van der Waals surface area contributed by atoms with Crippen LogP contribution in [0.15, 0.2) is 101 Å². The molecule has 3 rings (SSSR count). The van der Waals surface area contributed by atoms with Crippen LogP contribution in [0.25, 0.3) is 0 Å². The van der Waals surface area contributed by atoms with E-state index in [2.05, 4.69) is 36.4 Å². The lowest BCUT2D eigenvalue weighted by molar-refractivity contribution is -0.117. The van der Waals surface area contributed by atoms with Crippen LogP contribution in [-0.2, 0) is 11.2 Å². The van der Waals surface area contributed by atoms with Gasteiger partial charge in [-0.3, -0.25) is 4.79 Å². The molecular weight excluding hydrogens is 344 g/mol. The van der Waals surface area contributed by atoms with E-state index in [-0.39, 0.29) is 10.4 Å². The quantitative estimate of drug-likeness (QED) is 0.355. The van der Waals surface area contributed by atoms with Gasteiger partial charge in [0.05, 0.1) is 0 Å². The number of Topliss-reactive ketones (excluding diaryl/α,β-unsaturated/α-hetero) is 1. The number of carbonyl (C=O) groups excluding carboxylic acids is 1. The fourth-order valence-electron chi connectivity index (χ4n) is 2.43. The third kappa shape index (κ3) is 5.80. The topological polar surface area (TPSA) is 17.1 Å². The van der Waals surface area contributed by atoms with Crippen LogP contribution in [0.3, 0.4) is 0 Å². The molecule has 0 aliphatic rings. The highest BCUT2D eigenvalue weighted by Crippen LogP contribution is 2.36. The van der Waals surface area contributed by atoms with E-state index in [1.165, 1.54) is 5.56 Å². The largest absolute Gasteiger partial charge is 0.297 e. The van der Waals surface area contributed by atoms with Crippen molar-refractivity contribution in [3.8, 4) is 0 Å². The minimum atomic E-state index is -0.131. The highest BCUT2D eigenvalue weighted by Gasteiger charge is 2.21. The van der Waals surface area contributed by atoms with Crippen molar-refractivity contribution in [3.05, 3.63) is 96.6 Å². The molecule has 0 unspecified atom stereocenters. The predicted octanol–water partition coefficient (Wildman–Crippen LogP) is 6.10. The smallest absolute Gasteiger partial charge is 0.156 e. The third-order valence-corrected chi connectivity index (χ3v) is 6.36. The van der Waals surface area contributed by atoms with Gasteiger partial charge in [-0.15, -0.1) is 23.5 Å². The number of benzene rings is 3. The van der Waals surface area contributed by atoms with Crippen LogP contribution in [0, 0.1) is 0 Å². The van der Waals surface area contributed by atoms with Crippen LogP contribution in [0.2, 0.25) is 0 Å². The highest BCUT2D eigenvalue weighted by atomic mass is 32.2. The van der Waals surface area contributed by atoms with Crippen molar-refractivity contribution in [1.82, 2.24) is 0 Å². The second-order valence-corrected chi connectivity index (χ2v) is 8.30. The van der Waals surface area contributed by atoms with Crippen LogP contribution >= 0.6 is 23.5 Å². The molecule has 0 aliphatic carbocycles. The summed E-state index contributed by atoms with van der Waals surface area (Å²) >= 11 is 3.28. The van der Waals surface area contributed by atoms with Gasteiger partial charge in [-0.25, -0.2) is 0 Å². The van der Waals surface area contributed by atoms with E-state index in [9.17, 15) is 4.79 Å². The van der Waals surface area contributed by atoms with Crippen molar-refractivity contribution in [2.75, 3.05) is 0 Å². The Labute approximate surface area is 157 Å². The Morgan fingerprint density at radius 1 is 0.680 bits per heavy atom. The van der Waals surface area contributed by atoms with Gasteiger partial charge in [0.2, 0.25) is 0 Å². The Balaban J connectivity index is 1.69. The first kappa shape index (κ1) is 17.8. The Morgan fingerprint density at radius 2 is 1.12 bits per heavy atom. The first-order chi connectivity index (χ1) is 12.3. The Kier molecular flexibility index (Phi) is 6.78. The second kappa shape index (κ2) is 9.50. The van der Waals surface area contributed by atoms with E-state index in [0.717, 1.165) is 16.2 Å². The monoisotopic (exact) mass is 364 g/mol. The second-order valence-electron chi connectivity index (χ2n) is 5.65. The Bertz CT molecular complexity index is 731. The molecule has 1 nitrogen and oxygen atoms in total. The van der Waals surface area contributed by atoms with Gasteiger partial charge in [-0.05, 0) is 36.2 Å². The van der Waals surface area contributed by atoms with E-state index >= 15 is 0 Å². The van der Waals surface area contributed by atoms with Crippen molar-refractivity contribution in [1.29, 1.82) is 0 Å². The standard InChI is InChI=1S/C22H20OS2/c23-21(17-16-18-10-4-1-5-11-18)22(24-19-12-6-2-7-13-19)25-20-14-8-3-9-15-20/h1-15,22H,16-17H2. The lowest BCUT2D eigenvalue weighted by Gasteiger charge is -2.15. The molecule has 0 amide bonds. The van der Waals surface area contributed by atoms with Crippen molar-refractivity contribution < 1.29 is 4.79 Å². The lowest BCUT2D eigenvalue weighted by atomic mass is 10.1. The zero-order chi connectivity index (χ0) is 17.3. The van der Waals surface area contributed by atoms with Crippen LogP contribution in [0.1, 0.15) is 12.0 Å². The van der Waals surface area contributed by atoms with E-state index in [4.69, 9.17) is 0 Å². The average molecular weight is 365 g/mol. The molecule has 0 radical (unpaired) electrons. The molecule has 0 heterocycles. The zero-order valence-corrected chi connectivity index (χ0v) is 15.5. The SMILES string of the molecule is O=C(CCc1ccccc1)C(Sc1ccccc1)Sc1ccccc1. The molecule has 3 aromatic carbocycles. The molecule has 3 heteroatoms. The molecule has 0 N–H and O–H groups in total. The molecule has 0 saturated heterocycles. The minimum absolute atomic E-state index is 0.131. The summed E-state index contributed by atoms with van der Waals surface area (Å²) in [4.78, 5) is 15.1. The summed E-state index contributed by atoms with van der Waals surface area (Å²) in [6.07, 6.45) is 1.36. The van der Waals surface area contributed by atoms with E-state index in [0.29, 0.717) is 6.42 Å². The molecular formula is C22H20OS2. The van der Waals surface area contributed by atoms with Gasteiger partial charge in [-0.2, -0.15) is 0 Å². The number of aryl methyl sites for hydroxylation is 1. The van der Waals surface area contributed by atoms with Crippen molar-refractivity contribution >= 4 is 29.3 Å². The number of hydrogen-bond acceptors (Lipinski definition) is 3. The van der Waals surface area contributed by atoms with Crippen LogP contribution in [-0.4, -0.2) is 10.4 Å². The summed E-state index contributed by atoms with van der Waals surface area (Å²) in [5.74, 6) is 0.284. The number of ketones is 1. The summed E-state index contributed by atoms with van der Waals surface area (Å²) < 4.78 is -0.131. The summed E-state index contributed by atoms with van der Waals surface area (Å²) in [7, 11) is 0. The molecule has 0 fully saturated rings. The molecule has 0 aromatic heterocycles. The Hall–Kier alpha value is -1.97. The maximum absolute atomic E-state index is 12.9. The molecule has 126 valence electrons. The van der Waals surface area contributed by atoms with Crippen molar-refractivity contribution in [2.45, 2.75) is 27.2 Å². The number of hydrogen-bond donors (Lipinski definition) is 0. The molecule has 0 bridgehead atoms. The maximum Gasteiger partial charge on any atom is 0.156 e. The molecule has 0 aliphatic heterocycles. The van der Waals surface area contributed by atoms with E-state index in [1.807, 2.05) is 54.6 Å². The normalized spacial score (nSPS) is 10.8. The first-order valence-electron chi connectivity index (χ1n) is 8.31. The molecule has 0 spiro atoms. The van der Waals surface area contributed by atoms with Crippen molar-refractivity contribution in [3.63, 3.8) is 0 Å². The van der Waals surface area contributed by atoms with Gasteiger partial charge in [0, 0.05) is 16.2 Å². The molecule has 3 aromatic rings. The minimum Gasteiger partial charge on any atom is -0.297 e. The van der Waals surface area contributed by atoms with Gasteiger partial charge in [0.25, 0.3) is 0 Å². The first-order valence-corrected chi connectivity index (χ1v) is 10.1. The highest BCUT2D eigenvalue weighted by molar-refractivity contribution is 8.18. The molecule has 0 atom stereocenters. The fourth-order valence-corrected chi connectivity index (χ4v) is 4.91. The maximum atomic E-state index is 12.9. The van der Waals surface area contributed by atoms with Gasteiger partial charge in [0.15, 0.2) is 5.78 Å². The lowest BCUT2D eigenvalue weighted by Crippen LogP contribution is -2.14. The van der Waals surface area contributed by atoms with E-state index in [1.54, 1.807) is 23.5 Å². The average Bonchev–Trinajstić information content (AvgIpc) is 2.68. The predicted molar refractivity (Wildman–Crippen MR) is 108 cm³/mol. The van der Waals surface area contributed by atoms with Gasteiger partial charge < -0.3 is 0 Å². The summed E-state index contributed by atoms with van der Waals surface area (Å²) in [5.41, 5.74) is 1.21. The number of rotatable bonds is 8. The number of thioether (sulfide) groups is 2. The molecule has 25 heavy (non-hydrogen) atoms. The fraction of sp³-hybridized carbons (Fsp3) is 0.136. The summed E-state index contributed by atoms with van der Waals surface area (Å²) in [6, 6.07) is 30.5. The van der Waals surface area contributed by atoms with Gasteiger partial charge in [0.1, 0.15) is 4.58 Å². The van der Waals surface area contributed by atoms with Crippen LogP contribution < -0.4 is 0 Å². The van der Waals surface area contributed by atoms with Crippen LogP contribution in [0.4, 0.5) is 0 Å².